The maximum Gasteiger partial charge on any atom is 0.115 e. The molecule has 3 heteroatoms. The fraction of sp³-hybridized carbons (Fsp3) is 0.0385. The number of aromatic hydroxyl groups is 2. The summed E-state index contributed by atoms with van der Waals surface area (Å²) in [7, 11) is 0. The van der Waals surface area contributed by atoms with Crippen molar-refractivity contribution in [1.29, 1.82) is 0 Å². The molecule has 3 nitrogen and oxygen atoms in total. The molecular weight excluding hydrogens is 671 g/mol. The lowest BCUT2D eigenvalue weighted by atomic mass is 9.71. The lowest BCUT2D eigenvalue weighted by Crippen LogP contribution is -2.25. The minimum Gasteiger partial charge on any atom is -0.508 e. The van der Waals surface area contributed by atoms with E-state index in [4.69, 9.17) is 0 Å². The predicted octanol–water partition coefficient (Wildman–Crippen LogP) is 13.7. The Kier molecular flexibility index (Phi) is 6.69. The number of nitrogens with zero attached hydrogens (tertiary/aromatic N) is 1. The van der Waals surface area contributed by atoms with E-state index in [1.165, 1.54) is 64.6 Å². The van der Waals surface area contributed by atoms with E-state index in [1.807, 2.05) is 24.3 Å². The van der Waals surface area contributed by atoms with Crippen LogP contribution in [0.4, 0.5) is 17.1 Å². The maximum atomic E-state index is 10.2. The van der Waals surface area contributed by atoms with Crippen molar-refractivity contribution in [1.82, 2.24) is 0 Å². The topological polar surface area (TPSA) is 43.7 Å². The van der Waals surface area contributed by atoms with Crippen molar-refractivity contribution in [2.45, 2.75) is 12.3 Å². The second-order valence-corrected chi connectivity index (χ2v) is 15.0. The summed E-state index contributed by atoms with van der Waals surface area (Å²) in [5.41, 5.74) is 5.90. The molecule has 0 aliphatic carbocycles. The highest BCUT2D eigenvalue weighted by Crippen LogP contribution is 2.48. The average Bonchev–Trinajstić information content (AvgIpc) is 3.23. The molecule has 2 N–H and O–H groups in total. The Balaban J connectivity index is 1.18. The van der Waals surface area contributed by atoms with Gasteiger partial charge in [0.25, 0.3) is 0 Å². The van der Waals surface area contributed by atoms with Crippen LogP contribution in [0.1, 0.15) is 23.6 Å². The molecule has 0 heterocycles. The van der Waals surface area contributed by atoms with Crippen LogP contribution in [0.5, 0.6) is 11.5 Å². The molecule has 0 bridgehead atoms. The van der Waals surface area contributed by atoms with Gasteiger partial charge in [-0.3, -0.25) is 0 Å². The van der Waals surface area contributed by atoms with Gasteiger partial charge in [-0.15, -0.1) is 0 Å². The van der Waals surface area contributed by atoms with Crippen molar-refractivity contribution < 1.29 is 10.2 Å². The van der Waals surface area contributed by atoms with Crippen molar-refractivity contribution in [2.24, 2.45) is 0 Å². The first-order valence-corrected chi connectivity index (χ1v) is 18.8. The van der Waals surface area contributed by atoms with Gasteiger partial charge in [0, 0.05) is 21.9 Å². The molecule has 0 unspecified atom stereocenters. The molecule has 0 spiro atoms. The van der Waals surface area contributed by atoms with Gasteiger partial charge in [0.15, 0.2) is 0 Å². The molecule has 0 atom stereocenters. The number of hydrogen-bond acceptors (Lipinski definition) is 3. The quantitative estimate of drug-likeness (QED) is 0.134. The van der Waals surface area contributed by atoms with E-state index in [1.54, 1.807) is 24.3 Å². The van der Waals surface area contributed by atoms with Gasteiger partial charge in [0.1, 0.15) is 11.5 Å². The summed E-state index contributed by atoms with van der Waals surface area (Å²) in [6, 6.07) is 64.2. The van der Waals surface area contributed by atoms with Crippen LogP contribution in [0.15, 0.2) is 182 Å². The second kappa shape index (κ2) is 11.7. The van der Waals surface area contributed by atoms with Crippen molar-refractivity contribution in [2.75, 3.05) is 4.90 Å². The van der Waals surface area contributed by atoms with Crippen LogP contribution in [0.2, 0.25) is 0 Å². The molecule has 0 saturated carbocycles. The van der Waals surface area contributed by atoms with E-state index in [-0.39, 0.29) is 11.5 Å². The smallest absolute Gasteiger partial charge is 0.115 e. The third-order valence-corrected chi connectivity index (χ3v) is 12.1. The summed E-state index contributed by atoms with van der Waals surface area (Å²) >= 11 is 0. The molecule has 11 aromatic rings. The van der Waals surface area contributed by atoms with E-state index in [0.717, 1.165) is 33.8 Å². The van der Waals surface area contributed by atoms with Gasteiger partial charge in [0.05, 0.1) is 11.4 Å². The summed E-state index contributed by atoms with van der Waals surface area (Å²) in [6.07, 6.45) is 0. The number of benzene rings is 11. The Morgan fingerprint density at radius 3 is 1.07 bits per heavy atom. The van der Waals surface area contributed by atoms with Crippen LogP contribution in [0.3, 0.4) is 0 Å². The number of phenols is 2. The molecule has 0 radical (unpaired) electrons. The molecule has 11 aromatic carbocycles. The van der Waals surface area contributed by atoms with E-state index in [2.05, 4.69) is 145 Å². The van der Waals surface area contributed by atoms with E-state index in [0.29, 0.717) is 0 Å². The monoisotopic (exact) mass is 705 g/mol. The minimum atomic E-state index is -0.565. The second-order valence-electron chi connectivity index (χ2n) is 15.0. The Bertz CT molecular complexity index is 2990. The summed E-state index contributed by atoms with van der Waals surface area (Å²) in [5, 5.41) is 35.4. The lowest BCUT2D eigenvalue weighted by molar-refractivity contribution is 0.474. The van der Waals surface area contributed by atoms with Crippen LogP contribution in [0.25, 0.3) is 64.6 Å². The molecule has 55 heavy (non-hydrogen) atoms. The van der Waals surface area contributed by atoms with E-state index in [9.17, 15) is 10.2 Å². The van der Waals surface area contributed by atoms with Gasteiger partial charge in [0.2, 0.25) is 0 Å². The van der Waals surface area contributed by atoms with E-state index >= 15 is 0 Å². The zero-order valence-electron chi connectivity index (χ0n) is 30.2. The summed E-state index contributed by atoms with van der Waals surface area (Å²) < 4.78 is 0. The molecule has 260 valence electrons. The van der Waals surface area contributed by atoms with Gasteiger partial charge in [-0.05, 0) is 126 Å². The number of phenolic OH excluding ortho intramolecular Hbond substituents is 2. The molecule has 11 rings (SSSR count). The fourth-order valence-electron chi connectivity index (χ4n) is 9.27. The third-order valence-electron chi connectivity index (χ3n) is 12.1. The highest BCUT2D eigenvalue weighted by atomic mass is 16.3. The van der Waals surface area contributed by atoms with Crippen LogP contribution >= 0.6 is 0 Å². The highest BCUT2D eigenvalue weighted by Gasteiger charge is 2.32. The largest absolute Gasteiger partial charge is 0.508 e. The third kappa shape index (κ3) is 4.63. The van der Waals surface area contributed by atoms with Gasteiger partial charge < -0.3 is 15.1 Å². The molecule has 0 amide bonds. The van der Waals surface area contributed by atoms with Crippen LogP contribution in [-0.4, -0.2) is 10.2 Å². The lowest BCUT2D eigenvalue weighted by Gasteiger charge is -2.33. The van der Waals surface area contributed by atoms with Gasteiger partial charge in [-0.1, -0.05) is 133 Å². The molecule has 0 fully saturated rings. The Hall–Kier alpha value is -7.10. The van der Waals surface area contributed by atoms with Crippen LogP contribution < -0.4 is 4.90 Å². The summed E-state index contributed by atoms with van der Waals surface area (Å²) in [6.45, 7) is 2.21. The minimum absolute atomic E-state index is 0.226. The van der Waals surface area contributed by atoms with Crippen LogP contribution in [-0.2, 0) is 5.41 Å². The highest BCUT2D eigenvalue weighted by molar-refractivity contribution is 6.28. The molecule has 0 aliphatic heterocycles. The van der Waals surface area contributed by atoms with Gasteiger partial charge in [-0.2, -0.15) is 0 Å². The zero-order chi connectivity index (χ0) is 36.8. The Labute approximate surface area is 318 Å². The summed E-state index contributed by atoms with van der Waals surface area (Å²) in [4.78, 5) is 2.44. The predicted molar refractivity (Wildman–Crippen MR) is 230 cm³/mol. The molecule has 0 aliphatic rings. The molecule has 0 aromatic heterocycles. The SMILES string of the molecule is CC(c1ccc(O)cc1)(c1ccc(O)cc1)c1ccc(N(c2ccc3ccc4cccc5ccc2c3c45)c2ccc3ccc4cccc5ccc2c3c45)cc1. The first-order valence-electron chi connectivity index (χ1n) is 18.8. The first kappa shape index (κ1) is 31.4. The normalized spacial score (nSPS) is 12.2. The first-order chi connectivity index (χ1) is 27.0. The fourth-order valence-corrected chi connectivity index (χ4v) is 9.27. The molecular formula is C52H35NO2. The van der Waals surface area contributed by atoms with E-state index < -0.39 is 5.41 Å². The van der Waals surface area contributed by atoms with Gasteiger partial charge >= 0.3 is 0 Å². The van der Waals surface area contributed by atoms with Crippen LogP contribution in [0, 0.1) is 0 Å². The number of hydrogen-bond donors (Lipinski definition) is 2. The van der Waals surface area contributed by atoms with Gasteiger partial charge in [-0.25, -0.2) is 0 Å². The number of rotatable bonds is 6. The Morgan fingerprint density at radius 1 is 0.345 bits per heavy atom. The average molecular weight is 706 g/mol. The van der Waals surface area contributed by atoms with Crippen molar-refractivity contribution >= 4 is 81.7 Å². The Morgan fingerprint density at radius 2 is 0.673 bits per heavy atom. The van der Waals surface area contributed by atoms with Crippen molar-refractivity contribution in [3.8, 4) is 11.5 Å². The maximum absolute atomic E-state index is 10.2. The van der Waals surface area contributed by atoms with Crippen molar-refractivity contribution in [3.05, 3.63) is 199 Å². The molecule has 0 saturated heterocycles. The standard InChI is InChI=1S/C52H35NO2/c1-52(39-18-24-42(54)25-19-39,40-20-26-43(55)27-21-40)38-16-22-41(23-17-38)53(46-30-14-36-10-8-32-4-2-6-34-12-28-44(46)50(36)48(32)34)47-31-15-37-11-9-33-5-3-7-35-13-29-45(47)51(37)49(33)35/h2-31,54-55H,1H3. The number of anilines is 3. The van der Waals surface area contributed by atoms with Crippen molar-refractivity contribution in [3.63, 3.8) is 0 Å². The zero-order valence-corrected chi connectivity index (χ0v) is 30.2. The summed E-state index contributed by atoms with van der Waals surface area (Å²) in [5.74, 6) is 0.453.